The number of nitro groups is 1. The summed E-state index contributed by atoms with van der Waals surface area (Å²) in [4.78, 5) is 9.62. The second-order valence-corrected chi connectivity index (χ2v) is 3.30. The number of halogens is 3. The zero-order chi connectivity index (χ0) is 11.6. The minimum Gasteiger partial charge on any atom is -0.468 e. The van der Waals surface area contributed by atoms with E-state index in [1.54, 1.807) is 0 Å². The predicted octanol–water partition coefficient (Wildman–Crippen LogP) is 2.30. The van der Waals surface area contributed by atoms with Gasteiger partial charge in [-0.25, -0.2) is 0 Å². The minimum absolute atomic E-state index is 0.0437. The molecule has 1 heterocycles. The molecule has 0 aliphatic carbocycles. The van der Waals surface area contributed by atoms with Crippen molar-refractivity contribution in [1.29, 1.82) is 0 Å². The highest BCUT2D eigenvalue weighted by Crippen LogP contribution is 2.35. The first-order valence-electron chi connectivity index (χ1n) is 3.61. The molecule has 5 nitrogen and oxygen atoms in total. The van der Waals surface area contributed by atoms with Gasteiger partial charge in [0.25, 0.3) is 5.06 Å². The third kappa shape index (κ3) is 3.05. The SMILES string of the molecule is Cc1nsc(OCC(F)(F)F)c1[N+](=O)[O-]. The molecule has 84 valence electrons. The quantitative estimate of drug-likeness (QED) is 0.602. The van der Waals surface area contributed by atoms with Crippen LogP contribution in [0.2, 0.25) is 0 Å². The summed E-state index contributed by atoms with van der Waals surface area (Å²) in [5.41, 5.74) is -0.466. The van der Waals surface area contributed by atoms with Gasteiger partial charge < -0.3 is 4.74 Å². The summed E-state index contributed by atoms with van der Waals surface area (Å²) in [5.74, 6) is 0. The average Bonchev–Trinajstić information content (AvgIpc) is 2.42. The van der Waals surface area contributed by atoms with Gasteiger partial charge in [-0.2, -0.15) is 17.5 Å². The highest BCUT2D eigenvalue weighted by atomic mass is 32.1. The van der Waals surface area contributed by atoms with Crippen LogP contribution >= 0.6 is 11.5 Å². The Morgan fingerprint density at radius 3 is 2.67 bits per heavy atom. The van der Waals surface area contributed by atoms with Gasteiger partial charge in [-0.3, -0.25) is 10.1 Å². The third-order valence-electron chi connectivity index (χ3n) is 1.35. The zero-order valence-corrected chi connectivity index (χ0v) is 8.18. The molecular formula is C6H5F3N2O3S. The van der Waals surface area contributed by atoms with Gasteiger partial charge in [-0.05, 0) is 6.92 Å². The van der Waals surface area contributed by atoms with E-state index in [1.807, 2.05) is 0 Å². The van der Waals surface area contributed by atoms with Crippen LogP contribution in [-0.4, -0.2) is 22.1 Å². The van der Waals surface area contributed by atoms with Gasteiger partial charge >= 0.3 is 11.9 Å². The van der Waals surface area contributed by atoms with Crippen LogP contribution in [0.15, 0.2) is 0 Å². The average molecular weight is 242 g/mol. The summed E-state index contributed by atoms with van der Waals surface area (Å²) in [6.45, 7) is -0.232. The Morgan fingerprint density at radius 2 is 2.20 bits per heavy atom. The fourth-order valence-corrected chi connectivity index (χ4v) is 1.52. The maximum Gasteiger partial charge on any atom is 0.422 e. The van der Waals surface area contributed by atoms with Crippen LogP contribution in [0.5, 0.6) is 5.06 Å². The molecule has 15 heavy (non-hydrogen) atoms. The highest BCUT2D eigenvalue weighted by molar-refractivity contribution is 7.08. The number of aryl methyl sites for hydroxylation is 1. The molecule has 0 saturated heterocycles. The maximum atomic E-state index is 11.8. The fraction of sp³-hybridized carbons (Fsp3) is 0.500. The molecule has 0 amide bonds. The van der Waals surface area contributed by atoms with Gasteiger partial charge in [0, 0.05) is 11.5 Å². The van der Waals surface area contributed by atoms with Crippen molar-refractivity contribution in [2.75, 3.05) is 6.61 Å². The molecule has 0 aromatic carbocycles. The molecule has 0 radical (unpaired) electrons. The van der Waals surface area contributed by atoms with Crippen molar-refractivity contribution in [3.63, 3.8) is 0 Å². The van der Waals surface area contributed by atoms with E-state index in [4.69, 9.17) is 0 Å². The van der Waals surface area contributed by atoms with Crippen LogP contribution in [0.1, 0.15) is 5.69 Å². The van der Waals surface area contributed by atoms with E-state index in [2.05, 4.69) is 9.11 Å². The highest BCUT2D eigenvalue weighted by Gasteiger charge is 2.31. The van der Waals surface area contributed by atoms with Gasteiger partial charge in [0.05, 0.1) is 4.92 Å². The van der Waals surface area contributed by atoms with Crippen molar-refractivity contribution >= 4 is 17.2 Å². The second-order valence-electron chi connectivity index (χ2n) is 2.57. The summed E-state index contributed by atoms with van der Waals surface area (Å²) < 4.78 is 43.1. The number of hydrogen-bond acceptors (Lipinski definition) is 5. The Kier molecular flexibility index (Phi) is 3.12. The number of hydrogen-bond donors (Lipinski definition) is 0. The maximum absolute atomic E-state index is 11.8. The Hall–Kier alpha value is -1.38. The molecule has 0 N–H and O–H groups in total. The molecule has 0 bridgehead atoms. The van der Waals surface area contributed by atoms with E-state index in [0.717, 1.165) is 0 Å². The number of nitrogens with zero attached hydrogens (tertiary/aromatic N) is 2. The normalized spacial score (nSPS) is 11.5. The number of aromatic nitrogens is 1. The zero-order valence-electron chi connectivity index (χ0n) is 7.37. The minimum atomic E-state index is -4.52. The van der Waals surface area contributed by atoms with Gasteiger partial charge in [0.1, 0.15) is 5.69 Å². The van der Waals surface area contributed by atoms with Crippen LogP contribution in [0, 0.1) is 17.0 Å². The van der Waals surface area contributed by atoms with Crippen molar-refractivity contribution in [3.05, 3.63) is 15.8 Å². The molecule has 1 rings (SSSR count). The third-order valence-corrected chi connectivity index (χ3v) is 2.19. The lowest BCUT2D eigenvalue weighted by Gasteiger charge is -2.05. The van der Waals surface area contributed by atoms with E-state index in [0.29, 0.717) is 11.5 Å². The van der Waals surface area contributed by atoms with Crippen LogP contribution in [0.4, 0.5) is 18.9 Å². The van der Waals surface area contributed by atoms with Crippen molar-refractivity contribution in [2.24, 2.45) is 0 Å². The summed E-state index contributed by atoms with van der Waals surface area (Å²) in [7, 11) is 0. The number of rotatable bonds is 3. The topological polar surface area (TPSA) is 65.3 Å². The monoisotopic (exact) mass is 242 g/mol. The van der Waals surface area contributed by atoms with E-state index in [1.165, 1.54) is 6.92 Å². The standard InChI is InChI=1S/C6H5F3N2O3S/c1-3-4(11(12)13)5(15-10-3)14-2-6(7,8)9/h2H2,1H3. The van der Waals surface area contributed by atoms with Crippen LogP contribution < -0.4 is 4.74 Å². The molecule has 0 aliphatic heterocycles. The number of alkyl halides is 3. The Labute approximate surface area is 85.8 Å². The first kappa shape index (κ1) is 11.7. The van der Waals surface area contributed by atoms with E-state index >= 15 is 0 Å². The van der Waals surface area contributed by atoms with Crippen molar-refractivity contribution in [1.82, 2.24) is 4.37 Å². The Bertz CT molecular complexity index is 376. The summed E-state index contributed by atoms with van der Waals surface area (Å²) in [6, 6.07) is 0. The van der Waals surface area contributed by atoms with Gasteiger partial charge in [0.15, 0.2) is 6.61 Å². The van der Waals surface area contributed by atoms with Crippen molar-refractivity contribution in [2.45, 2.75) is 13.1 Å². The molecule has 0 spiro atoms. The molecule has 1 aromatic rings. The van der Waals surface area contributed by atoms with E-state index in [9.17, 15) is 23.3 Å². The Balaban J connectivity index is 2.82. The van der Waals surface area contributed by atoms with Crippen molar-refractivity contribution in [3.8, 4) is 5.06 Å². The lowest BCUT2D eigenvalue weighted by atomic mass is 10.4. The van der Waals surface area contributed by atoms with Crippen LogP contribution in [-0.2, 0) is 0 Å². The first-order chi connectivity index (χ1) is 6.81. The van der Waals surface area contributed by atoms with E-state index in [-0.39, 0.29) is 5.69 Å². The van der Waals surface area contributed by atoms with Gasteiger partial charge in [-0.15, -0.1) is 0 Å². The van der Waals surface area contributed by atoms with E-state index < -0.39 is 28.5 Å². The molecule has 0 unspecified atom stereocenters. The molecule has 0 aliphatic rings. The Morgan fingerprint density at radius 1 is 1.60 bits per heavy atom. The molecule has 0 fully saturated rings. The van der Waals surface area contributed by atoms with Gasteiger partial charge in [0.2, 0.25) is 0 Å². The lowest BCUT2D eigenvalue weighted by Crippen LogP contribution is -2.19. The lowest BCUT2D eigenvalue weighted by molar-refractivity contribution is -0.386. The first-order valence-corrected chi connectivity index (χ1v) is 4.39. The fourth-order valence-electron chi connectivity index (χ4n) is 0.793. The summed E-state index contributed by atoms with van der Waals surface area (Å²) in [6.07, 6.45) is -4.52. The van der Waals surface area contributed by atoms with Crippen LogP contribution in [0.25, 0.3) is 0 Å². The summed E-state index contributed by atoms with van der Waals surface area (Å²) in [5, 5.41) is 10.0. The summed E-state index contributed by atoms with van der Waals surface area (Å²) >= 11 is 0.531. The molecule has 0 saturated carbocycles. The molecule has 1 aromatic heterocycles. The van der Waals surface area contributed by atoms with Crippen LogP contribution in [0.3, 0.4) is 0 Å². The molecule has 9 heteroatoms. The van der Waals surface area contributed by atoms with Crippen molar-refractivity contribution < 1.29 is 22.8 Å². The number of ether oxygens (including phenoxy) is 1. The van der Waals surface area contributed by atoms with Gasteiger partial charge in [-0.1, -0.05) is 0 Å². The molecular weight excluding hydrogens is 237 g/mol. The second kappa shape index (κ2) is 4.01. The predicted molar refractivity (Wildman–Crippen MR) is 45.1 cm³/mol. The molecule has 0 atom stereocenters. The largest absolute Gasteiger partial charge is 0.468 e. The smallest absolute Gasteiger partial charge is 0.422 e.